The fraction of sp³-hybridized carbons (Fsp3) is 0.500. The van der Waals surface area contributed by atoms with Crippen molar-refractivity contribution in [1.82, 2.24) is 10.2 Å². The van der Waals surface area contributed by atoms with Gasteiger partial charge in [0, 0.05) is 11.8 Å². The topological polar surface area (TPSA) is 93.4 Å². The fourth-order valence-electron chi connectivity index (χ4n) is 3.25. The maximum Gasteiger partial charge on any atom is 0.416 e. The van der Waals surface area contributed by atoms with Crippen LogP contribution in [0.3, 0.4) is 0 Å². The summed E-state index contributed by atoms with van der Waals surface area (Å²) in [7, 11) is 0. The summed E-state index contributed by atoms with van der Waals surface area (Å²) in [6, 6.07) is 3.35. The van der Waals surface area contributed by atoms with Crippen LogP contribution in [0.15, 0.2) is 24.3 Å². The molecule has 2 rings (SSSR count). The Kier molecular flexibility index (Phi) is 5.87. The molecule has 3 atom stereocenters. The van der Waals surface area contributed by atoms with E-state index in [2.05, 4.69) is 5.32 Å². The van der Waals surface area contributed by atoms with Gasteiger partial charge in [-0.25, -0.2) is 9.18 Å². The van der Waals surface area contributed by atoms with E-state index in [4.69, 9.17) is 10.4 Å². The molecule has 0 bridgehead atoms. The quantitative estimate of drug-likeness (QED) is 0.759. The lowest BCUT2D eigenvalue weighted by Crippen LogP contribution is -2.57. The smallest absolute Gasteiger partial charge is 0.416 e. The second-order valence-electron chi connectivity index (χ2n) is 7.15. The van der Waals surface area contributed by atoms with Gasteiger partial charge < -0.3 is 15.3 Å². The van der Waals surface area contributed by atoms with Gasteiger partial charge in [-0.1, -0.05) is 26.0 Å². The molecule has 152 valence electrons. The van der Waals surface area contributed by atoms with Crippen molar-refractivity contribution < 1.29 is 32.3 Å². The molecule has 0 spiro atoms. The fourth-order valence-corrected chi connectivity index (χ4v) is 3.25. The Bertz CT molecular complexity index is 787. The highest BCUT2D eigenvalue weighted by Gasteiger charge is 2.45. The van der Waals surface area contributed by atoms with Gasteiger partial charge in [0.1, 0.15) is 18.3 Å². The number of benzene rings is 1. The Hall–Kier alpha value is -2.83. The molecule has 1 aromatic rings. The average Bonchev–Trinajstić information content (AvgIpc) is 2.99. The number of likely N-dealkylation sites (tertiary alicyclic amines) is 1. The van der Waals surface area contributed by atoms with E-state index in [1.165, 1.54) is 13.8 Å². The van der Waals surface area contributed by atoms with Gasteiger partial charge in [0.05, 0.1) is 18.2 Å². The lowest BCUT2D eigenvalue weighted by molar-refractivity contribution is -0.138. The van der Waals surface area contributed by atoms with Crippen molar-refractivity contribution >= 4 is 12.0 Å². The van der Waals surface area contributed by atoms with Gasteiger partial charge in [0.2, 0.25) is 5.91 Å². The number of amides is 2. The number of carbonyl (C=O) groups excluding carboxylic acids is 1. The Balaban J connectivity index is 2.39. The van der Waals surface area contributed by atoms with E-state index < -0.39 is 47.4 Å². The van der Waals surface area contributed by atoms with Crippen molar-refractivity contribution in [1.29, 1.82) is 5.26 Å². The summed E-state index contributed by atoms with van der Waals surface area (Å²) < 4.78 is 52.0. The van der Waals surface area contributed by atoms with E-state index in [0.717, 1.165) is 29.2 Å². The van der Waals surface area contributed by atoms with E-state index >= 15 is 0 Å². The van der Waals surface area contributed by atoms with Gasteiger partial charge in [0.15, 0.2) is 0 Å². The van der Waals surface area contributed by atoms with Crippen LogP contribution in [0.4, 0.5) is 22.4 Å². The van der Waals surface area contributed by atoms with Gasteiger partial charge in [-0.15, -0.1) is 0 Å². The molecule has 0 saturated carbocycles. The van der Waals surface area contributed by atoms with Crippen molar-refractivity contribution in [3.8, 4) is 6.07 Å². The highest BCUT2D eigenvalue weighted by Crippen LogP contribution is 2.34. The second kappa shape index (κ2) is 7.66. The van der Waals surface area contributed by atoms with Crippen molar-refractivity contribution in [3.63, 3.8) is 0 Å². The van der Waals surface area contributed by atoms with Crippen LogP contribution in [0.5, 0.6) is 0 Å². The molecular formula is C18H19F4N3O3. The second-order valence-corrected chi connectivity index (χ2v) is 7.15. The zero-order valence-corrected chi connectivity index (χ0v) is 15.1. The van der Waals surface area contributed by atoms with Gasteiger partial charge in [0.25, 0.3) is 0 Å². The lowest BCUT2D eigenvalue weighted by atomic mass is 9.76. The van der Waals surface area contributed by atoms with E-state index in [0.29, 0.717) is 0 Å². The summed E-state index contributed by atoms with van der Waals surface area (Å²) in [5.74, 6) is -0.806. The van der Waals surface area contributed by atoms with E-state index in [9.17, 15) is 27.2 Å². The highest BCUT2D eigenvalue weighted by molar-refractivity contribution is 5.88. The molecule has 1 aliphatic rings. The third-order valence-electron chi connectivity index (χ3n) is 4.87. The molecule has 28 heavy (non-hydrogen) atoms. The van der Waals surface area contributed by atoms with Gasteiger partial charge in [-0.05, 0) is 17.7 Å². The monoisotopic (exact) mass is 401 g/mol. The number of carbonyl (C=O) groups is 2. The minimum atomic E-state index is -4.54. The minimum absolute atomic E-state index is 0.178. The van der Waals surface area contributed by atoms with Crippen molar-refractivity contribution in [2.24, 2.45) is 0 Å². The largest absolute Gasteiger partial charge is 0.465 e. The molecule has 2 N–H and O–H groups in total. The van der Waals surface area contributed by atoms with Gasteiger partial charge >= 0.3 is 12.3 Å². The molecule has 2 amide bonds. The molecule has 1 saturated heterocycles. The van der Waals surface area contributed by atoms with Crippen LogP contribution >= 0.6 is 0 Å². The molecular weight excluding hydrogens is 382 g/mol. The summed E-state index contributed by atoms with van der Waals surface area (Å²) in [6.07, 6.45) is -7.65. The summed E-state index contributed by atoms with van der Waals surface area (Å²) in [6.45, 7) is 2.62. The number of halogens is 4. The van der Waals surface area contributed by atoms with Crippen molar-refractivity contribution in [3.05, 3.63) is 35.4 Å². The Morgan fingerprint density at radius 3 is 2.25 bits per heavy atom. The number of rotatable bonds is 4. The lowest BCUT2D eigenvalue weighted by Gasteiger charge is -2.36. The zero-order chi connectivity index (χ0) is 21.3. The predicted molar refractivity (Wildman–Crippen MR) is 90.0 cm³/mol. The molecule has 6 nitrogen and oxygen atoms in total. The van der Waals surface area contributed by atoms with Crippen LogP contribution in [0, 0.1) is 11.3 Å². The number of alkyl halides is 4. The number of hydrogen-bond acceptors (Lipinski definition) is 3. The first kappa shape index (κ1) is 21.5. The molecule has 1 heterocycles. The standard InChI is InChI=1S/C18H19F4N3O3/c1-17(2,10-3-5-11(6-4-10)18(20,21)22)14(24-16(27)28)15(26)25-9-12(19)7-13(25)8-23/h3-6,12-14,24H,7,9H2,1-2H3,(H,27,28)/t12-,13-,14+/m0/s1. The first-order valence-corrected chi connectivity index (χ1v) is 8.39. The molecule has 10 heteroatoms. The van der Waals surface area contributed by atoms with Crippen LogP contribution in [0.2, 0.25) is 0 Å². The van der Waals surface area contributed by atoms with Gasteiger partial charge in [-0.2, -0.15) is 18.4 Å². The number of nitrogens with one attached hydrogen (secondary N) is 1. The SMILES string of the molecule is CC(C)(c1ccc(C(F)(F)F)cc1)[C@H](NC(=O)O)C(=O)N1C[C@@H](F)C[C@H]1C#N. The van der Waals surface area contributed by atoms with Crippen molar-refractivity contribution in [2.75, 3.05) is 6.54 Å². The van der Waals surface area contributed by atoms with Gasteiger partial charge in [-0.3, -0.25) is 4.79 Å². The summed E-state index contributed by atoms with van der Waals surface area (Å²) >= 11 is 0. The zero-order valence-electron chi connectivity index (χ0n) is 15.1. The van der Waals surface area contributed by atoms with E-state index in [1.807, 2.05) is 6.07 Å². The third kappa shape index (κ3) is 4.35. The number of nitriles is 1. The van der Waals surface area contributed by atoms with Crippen LogP contribution in [-0.2, 0) is 16.4 Å². The number of nitrogens with zero attached hydrogens (tertiary/aromatic N) is 2. The maximum absolute atomic E-state index is 13.7. The van der Waals surface area contributed by atoms with E-state index in [-0.39, 0.29) is 18.5 Å². The van der Waals surface area contributed by atoms with Crippen LogP contribution in [0.25, 0.3) is 0 Å². The molecule has 1 fully saturated rings. The molecule has 0 unspecified atom stereocenters. The average molecular weight is 401 g/mol. The Morgan fingerprint density at radius 2 is 1.79 bits per heavy atom. The third-order valence-corrected chi connectivity index (χ3v) is 4.87. The van der Waals surface area contributed by atoms with Crippen molar-refractivity contribution in [2.45, 2.75) is 50.1 Å². The predicted octanol–water partition coefficient (Wildman–Crippen LogP) is 3.08. The Morgan fingerprint density at radius 1 is 1.25 bits per heavy atom. The normalized spacial score (nSPS) is 21.1. The van der Waals surface area contributed by atoms with Crippen LogP contribution in [0.1, 0.15) is 31.4 Å². The molecule has 1 aromatic carbocycles. The number of hydrogen-bond donors (Lipinski definition) is 2. The molecule has 1 aliphatic heterocycles. The summed E-state index contributed by atoms with van der Waals surface area (Å²) in [5, 5.41) is 20.4. The summed E-state index contributed by atoms with van der Waals surface area (Å²) in [5.41, 5.74) is -1.88. The summed E-state index contributed by atoms with van der Waals surface area (Å²) in [4.78, 5) is 25.2. The van der Waals surface area contributed by atoms with Crippen LogP contribution in [-0.4, -0.2) is 46.8 Å². The van der Waals surface area contributed by atoms with Crippen LogP contribution < -0.4 is 5.32 Å². The minimum Gasteiger partial charge on any atom is -0.465 e. The molecule has 0 radical (unpaired) electrons. The molecule has 0 aromatic heterocycles. The Labute approximate surface area is 158 Å². The van der Waals surface area contributed by atoms with E-state index in [1.54, 1.807) is 0 Å². The number of carboxylic acid groups (broad SMARTS) is 1. The first-order valence-electron chi connectivity index (χ1n) is 8.39. The maximum atomic E-state index is 13.7. The molecule has 0 aliphatic carbocycles. The first-order chi connectivity index (χ1) is 12.9. The highest BCUT2D eigenvalue weighted by atomic mass is 19.4.